The van der Waals surface area contributed by atoms with Crippen LogP contribution in [-0.4, -0.2) is 71.0 Å². The summed E-state index contributed by atoms with van der Waals surface area (Å²) in [4.78, 5) is 61.5. The molecular formula is C28H37N5O7. The number of rotatable bonds is 16. The number of hydrogen-bond donors (Lipinski definition) is 7. The van der Waals surface area contributed by atoms with Crippen LogP contribution in [0.3, 0.4) is 0 Å². The molecule has 40 heavy (non-hydrogen) atoms. The standard InChI is InChI=1S/C28H37N5O7/c1-2-3-9-22(28(39)40)33-27(38)23(15-18-7-5-4-6-8-18)32-25(36)17-30-24(35)16-31-26(37)21(29)14-19-10-12-20(34)13-11-19/h4-8,10-13,21-23,34H,2-3,9,14-17,29H2,1H3,(H,30,35)(H,31,37)(H,32,36)(H,33,38)(H,39,40)/t21-,22-,23-/m0/s1. The van der Waals surface area contributed by atoms with E-state index in [2.05, 4.69) is 21.3 Å². The Morgan fingerprint density at radius 2 is 1.40 bits per heavy atom. The van der Waals surface area contributed by atoms with E-state index in [1.165, 1.54) is 12.1 Å². The zero-order valence-electron chi connectivity index (χ0n) is 22.4. The van der Waals surface area contributed by atoms with Crippen molar-refractivity contribution >= 4 is 29.6 Å². The van der Waals surface area contributed by atoms with E-state index in [0.29, 0.717) is 6.42 Å². The molecule has 0 aromatic heterocycles. The number of carboxylic acids is 1. The van der Waals surface area contributed by atoms with Crippen LogP contribution in [0, 0.1) is 0 Å². The maximum atomic E-state index is 12.9. The third-order valence-corrected chi connectivity index (χ3v) is 5.99. The number of nitrogens with two attached hydrogens (primary N) is 1. The van der Waals surface area contributed by atoms with Gasteiger partial charge in [-0.1, -0.05) is 62.2 Å². The molecule has 0 spiro atoms. The molecule has 0 aliphatic heterocycles. The van der Waals surface area contributed by atoms with Gasteiger partial charge in [0.2, 0.25) is 23.6 Å². The Morgan fingerprint density at radius 1 is 0.775 bits per heavy atom. The topological polar surface area (TPSA) is 200 Å². The number of carbonyl (C=O) groups is 5. The van der Waals surface area contributed by atoms with Crippen molar-refractivity contribution in [3.05, 3.63) is 65.7 Å². The minimum Gasteiger partial charge on any atom is -0.508 e. The maximum Gasteiger partial charge on any atom is 0.326 e. The number of phenols is 1. The molecular weight excluding hydrogens is 518 g/mol. The highest BCUT2D eigenvalue weighted by atomic mass is 16.4. The molecule has 0 fully saturated rings. The molecule has 2 aromatic rings. The van der Waals surface area contributed by atoms with Gasteiger partial charge in [-0.05, 0) is 36.1 Å². The fourth-order valence-corrected chi connectivity index (χ4v) is 3.76. The fraction of sp³-hybridized carbons (Fsp3) is 0.393. The van der Waals surface area contributed by atoms with E-state index in [-0.39, 0.29) is 25.0 Å². The van der Waals surface area contributed by atoms with Crippen LogP contribution in [-0.2, 0) is 36.8 Å². The highest BCUT2D eigenvalue weighted by Gasteiger charge is 2.26. The van der Waals surface area contributed by atoms with E-state index in [4.69, 9.17) is 5.73 Å². The first-order chi connectivity index (χ1) is 19.1. The van der Waals surface area contributed by atoms with Crippen LogP contribution >= 0.6 is 0 Å². The lowest BCUT2D eigenvalue weighted by Gasteiger charge is -2.22. The molecule has 2 rings (SSSR count). The fourth-order valence-electron chi connectivity index (χ4n) is 3.76. The van der Waals surface area contributed by atoms with Crippen molar-refractivity contribution < 1.29 is 34.2 Å². The van der Waals surface area contributed by atoms with Gasteiger partial charge in [0.05, 0.1) is 19.1 Å². The lowest BCUT2D eigenvalue weighted by atomic mass is 10.0. The first-order valence-electron chi connectivity index (χ1n) is 13.0. The minimum atomic E-state index is -1.16. The summed E-state index contributed by atoms with van der Waals surface area (Å²) in [6.07, 6.45) is 1.93. The summed E-state index contributed by atoms with van der Waals surface area (Å²) in [5.74, 6) is -3.60. The van der Waals surface area contributed by atoms with Gasteiger partial charge >= 0.3 is 5.97 Å². The van der Waals surface area contributed by atoms with E-state index in [0.717, 1.165) is 17.5 Å². The molecule has 2 aromatic carbocycles. The molecule has 12 heteroatoms. The Kier molecular flexibility index (Phi) is 13.1. The smallest absolute Gasteiger partial charge is 0.326 e. The van der Waals surface area contributed by atoms with Gasteiger partial charge in [0.15, 0.2) is 0 Å². The van der Waals surface area contributed by atoms with Crippen molar-refractivity contribution in [1.82, 2.24) is 21.3 Å². The quantitative estimate of drug-likeness (QED) is 0.150. The highest BCUT2D eigenvalue weighted by molar-refractivity contribution is 5.93. The van der Waals surface area contributed by atoms with Crippen LogP contribution in [0.1, 0.15) is 37.3 Å². The van der Waals surface area contributed by atoms with Crippen molar-refractivity contribution in [1.29, 1.82) is 0 Å². The minimum absolute atomic E-state index is 0.0888. The lowest BCUT2D eigenvalue weighted by Crippen LogP contribution is -2.54. The summed E-state index contributed by atoms with van der Waals surface area (Å²) >= 11 is 0. The number of phenolic OH excluding ortho intramolecular Hbond substituents is 1. The Hall–Kier alpha value is -4.45. The van der Waals surface area contributed by atoms with Crippen LogP contribution in [0.25, 0.3) is 0 Å². The number of aliphatic carboxylic acids is 1. The zero-order valence-corrected chi connectivity index (χ0v) is 22.4. The second-order valence-corrected chi connectivity index (χ2v) is 9.32. The van der Waals surface area contributed by atoms with Crippen LogP contribution < -0.4 is 27.0 Å². The molecule has 12 nitrogen and oxygen atoms in total. The van der Waals surface area contributed by atoms with Gasteiger partial charge in [0.1, 0.15) is 17.8 Å². The molecule has 0 aliphatic carbocycles. The number of amides is 4. The molecule has 0 radical (unpaired) electrons. The number of carbonyl (C=O) groups excluding carboxylic acids is 4. The van der Waals surface area contributed by atoms with Crippen molar-refractivity contribution in [3.63, 3.8) is 0 Å². The second kappa shape index (κ2) is 16.5. The van der Waals surface area contributed by atoms with Crippen molar-refractivity contribution in [2.24, 2.45) is 5.73 Å². The first kappa shape index (κ1) is 31.8. The van der Waals surface area contributed by atoms with Gasteiger partial charge < -0.3 is 37.2 Å². The van der Waals surface area contributed by atoms with Crippen LogP contribution in [0.5, 0.6) is 5.75 Å². The van der Waals surface area contributed by atoms with E-state index in [9.17, 15) is 34.2 Å². The molecule has 0 saturated heterocycles. The SMILES string of the molecule is CCCC[C@H](NC(=O)[C@H](Cc1ccccc1)NC(=O)CNC(=O)CNC(=O)[C@@H](N)Cc1ccc(O)cc1)C(=O)O. The largest absolute Gasteiger partial charge is 0.508 e. The van der Waals surface area contributed by atoms with Crippen molar-refractivity contribution in [2.45, 2.75) is 57.2 Å². The second-order valence-electron chi connectivity index (χ2n) is 9.32. The number of unbranched alkanes of at least 4 members (excludes halogenated alkanes) is 1. The average Bonchev–Trinajstić information content (AvgIpc) is 2.93. The summed E-state index contributed by atoms with van der Waals surface area (Å²) in [5.41, 5.74) is 7.36. The molecule has 4 amide bonds. The third-order valence-electron chi connectivity index (χ3n) is 5.99. The number of benzene rings is 2. The predicted molar refractivity (Wildman–Crippen MR) is 147 cm³/mol. The van der Waals surface area contributed by atoms with Gasteiger partial charge in [-0.25, -0.2) is 4.79 Å². The number of hydrogen-bond acceptors (Lipinski definition) is 7. The Labute approximate surface area is 232 Å². The predicted octanol–water partition coefficient (Wildman–Crippen LogP) is -0.0185. The Bertz CT molecular complexity index is 1140. The molecule has 0 heterocycles. The normalized spacial score (nSPS) is 12.8. The first-order valence-corrected chi connectivity index (χ1v) is 13.0. The van der Waals surface area contributed by atoms with Gasteiger partial charge in [-0.3, -0.25) is 19.2 Å². The molecule has 0 saturated carbocycles. The van der Waals surface area contributed by atoms with Gasteiger partial charge in [-0.2, -0.15) is 0 Å². The van der Waals surface area contributed by atoms with Gasteiger partial charge in [-0.15, -0.1) is 0 Å². The molecule has 8 N–H and O–H groups in total. The third kappa shape index (κ3) is 11.5. The van der Waals surface area contributed by atoms with E-state index >= 15 is 0 Å². The van der Waals surface area contributed by atoms with Crippen molar-refractivity contribution in [3.8, 4) is 5.75 Å². The van der Waals surface area contributed by atoms with Crippen molar-refractivity contribution in [2.75, 3.05) is 13.1 Å². The monoisotopic (exact) mass is 555 g/mol. The Balaban J connectivity index is 1.88. The number of carboxylic acid groups (broad SMARTS) is 1. The van der Waals surface area contributed by atoms with Crippen LogP contribution in [0.15, 0.2) is 54.6 Å². The summed E-state index contributed by atoms with van der Waals surface area (Å²) < 4.78 is 0. The molecule has 0 aliphatic rings. The summed E-state index contributed by atoms with van der Waals surface area (Å²) in [7, 11) is 0. The van der Waals surface area contributed by atoms with E-state index < -0.39 is 60.8 Å². The molecule has 216 valence electrons. The molecule has 0 unspecified atom stereocenters. The highest BCUT2D eigenvalue weighted by Crippen LogP contribution is 2.11. The van der Waals surface area contributed by atoms with Crippen LogP contribution in [0.2, 0.25) is 0 Å². The van der Waals surface area contributed by atoms with E-state index in [1.54, 1.807) is 42.5 Å². The summed E-state index contributed by atoms with van der Waals surface area (Å²) in [5, 5.41) is 28.6. The number of aromatic hydroxyl groups is 1. The maximum absolute atomic E-state index is 12.9. The summed E-state index contributed by atoms with van der Waals surface area (Å²) in [6, 6.07) is 12.0. The average molecular weight is 556 g/mol. The van der Waals surface area contributed by atoms with Gasteiger partial charge in [0, 0.05) is 6.42 Å². The van der Waals surface area contributed by atoms with Crippen LogP contribution in [0.4, 0.5) is 0 Å². The summed E-state index contributed by atoms with van der Waals surface area (Å²) in [6.45, 7) is 1.02. The van der Waals surface area contributed by atoms with E-state index in [1.807, 2.05) is 6.92 Å². The number of nitrogens with one attached hydrogen (secondary N) is 4. The zero-order chi connectivity index (χ0) is 29.5. The Morgan fingerprint density at radius 3 is 2.02 bits per heavy atom. The lowest BCUT2D eigenvalue weighted by molar-refractivity contribution is -0.142. The molecule has 0 bridgehead atoms. The molecule has 3 atom stereocenters. The van der Waals surface area contributed by atoms with Gasteiger partial charge in [0.25, 0.3) is 0 Å².